The van der Waals surface area contributed by atoms with Crippen molar-refractivity contribution in [2.24, 2.45) is 0 Å². The molecule has 2 rings (SSSR count). The summed E-state index contributed by atoms with van der Waals surface area (Å²) in [4.78, 5) is 131. The van der Waals surface area contributed by atoms with Gasteiger partial charge in [0.1, 0.15) is 43.2 Å². The lowest BCUT2D eigenvalue weighted by atomic mass is 9.85. The lowest BCUT2D eigenvalue weighted by molar-refractivity contribution is -0.697. The van der Waals surface area contributed by atoms with E-state index >= 15 is 0 Å². The number of halogens is 1. The number of phosphoric ester groups is 6. The second-order valence-electron chi connectivity index (χ2n) is 13.6. The molecule has 0 spiro atoms. The molecule has 1 heterocycles. The molecule has 0 aromatic carbocycles. The van der Waals surface area contributed by atoms with E-state index in [1.54, 1.807) is 0 Å². The number of aryl methyl sites for hydroxylation is 1. The summed E-state index contributed by atoms with van der Waals surface area (Å²) in [6.45, 7) is 3.47. The molecular formula is C27H59ClNO28P7. The molecule has 0 amide bonds. The number of pyridine rings is 1. The van der Waals surface area contributed by atoms with E-state index in [1.807, 2.05) is 0 Å². The maximum absolute atomic E-state index is 11.4. The van der Waals surface area contributed by atoms with Gasteiger partial charge in [-0.3, -0.25) is 27.1 Å². The Morgan fingerprint density at radius 1 is 0.359 bits per heavy atom. The topological polar surface area (TPSA) is 482 Å². The van der Waals surface area contributed by atoms with Gasteiger partial charge >= 0.3 is 54.8 Å². The molecule has 0 aliphatic heterocycles. The van der Waals surface area contributed by atoms with Gasteiger partial charge in [-0.1, -0.05) is 90.0 Å². The van der Waals surface area contributed by atoms with Gasteiger partial charge < -0.3 is 85.8 Å². The van der Waals surface area contributed by atoms with Gasteiger partial charge in [-0.2, -0.15) is 0 Å². The van der Waals surface area contributed by atoms with Crippen LogP contribution >= 0.6 is 54.8 Å². The van der Waals surface area contributed by atoms with Gasteiger partial charge in [-0.05, 0) is 6.42 Å². The number of unbranched alkanes of at least 4 members (excludes halogenated alkanes) is 13. The minimum absolute atomic E-state index is 0. The van der Waals surface area contributed by atoms with Crippen LogP contribution < -0.4 is 17.0 Å². The summed E-state index contributed by atoms with van der Waals surface area (Å²) in [5.41, 5.74) is 0. The van der Waals surface area contributed by atoms with E-state index in [0.717, 1.165) is 0 Å². The van der Waals surface area contributed by atoms with Crippen molar-refractivity contribution in [3.05, 3.63) is 30.6 Å². The van der Waals surface area contributed by atoms with E-state index in [9.17, 15) is 27.4 Å². The highest BCUT2D eigenvalue weighted by Crippen LogP contribution is 2.57. The zero-order valence-corrected chi connectivity index (χ0v) is 40.9. The van der Waals surface area contributed by atoms with Gasteiger partial charge in [0.25, 0.3) is 0 Å². The Balaban J connectivity index is 0. The molecule has 1 aliphatic rings. The van der Waals surface area contributed by atoms with E-state index in [2.05, 4.69) is 69.2 Å². The van der Waals surface area contributed by atoms with E-state index in [-0.39, 0.29) is 12.4 Å². The number of phosphoric acid groups is 7. The molecule has 0 radical (unpaired) electrons. The van der Waals surface area contributed by atoms with Crippen molar-refractivity contribution in [1.82, 2.24) is 0 Å². The van der Waals surface area contributed by atoms with Crippen molar-refractivity contribution >= 4 is 54.8 Å². The summed E-state index contributed by atoms with van der Waals surface area (Å²) in [5.74, 6) is 0. The number of nitrogens with zero attached hydrogens (tertiary/aromatic N) is 1. The highest BCUT2D eigenvalue weighted by molar-refractivity contribution is 7.48. The summed E-state index contributed by atoms with van der Waals surface area (Å²) < 4.78 is 104. The first-order valence-electron chi connectivity index (χ1n) is 18.7. The van der Waals surface area contributed by atoms with Crippen molar-refractivity contribution < 1.29 is 149 Å². The Kier molecular flexibility index (Phi) is 31.8. The minimum atomic E-state index is -6.02. The second-order valence-corrected chi connectivity index (χ2v) is 21.8. The Labute approximate surface area is 373 Å². The third-order valence-corrected chi connectivity index (χ3v) is 11.2. The maximum atomic E-state index is 11.4. The number of aromatic nitrogens is 1. The molecule has 0 saturated heterocycles. The Bertz CT molecular complexity index is 1540. The average Bonchev–Trinajstić information content (AvgIpc) is 3.06. The molecule has 1 aromatic heterocycles. The predicted octanol–water partition coefficient (Wildman–Crippen LogP) is -0.602. The number of hydrogen-bond donors (Lipinski definition) is 15. The van der Waals surface area contributed by atoms with Crippen LogP contribution in [-0.4, -0.2) is 110 Å². The summed E-state index contributed by atoms with van der Waals surface area (Å²) >= 11 is 0. The molecule has 0 unspecified atom stereocenters. The maximum Gasteiger partial charge on any atom is 0.470 e. The van der Waals surface area contributed by atoms with Gasteiger partial charge in [-0.15, -0.1) is 0 Å². The summed E-state index contributed by atoms with van der Waals surface area (Å²) in [6, 6.07) is 6.31. The van der Waals surface area contributed by atoms with Crippen LogP contribution in [-0.2, 0) is 65.6 Å². The molecule has 1 aromatic rings. The Morgan fingerprint density at radius 2 is 0.547 bits per heavy atom. The second kappa shape index (κ2) is 30.7. The molecule has 29 nitrogen and oxygen atoms in total. The smallest absolute Gasteiger partial charge is 0.470 e. The first-order valence-corrected chi connectivity index (χ1v) is 29.4. The molecule has 0 atom stereocenters. The summed E-state index contributed by atoms with van der Waals surface area (Å²) in [7, 11) is -40.7. The largest absolute Gasteiger partial charge is 1.00 e. The first-order chi connectivity index (χ1) is 28.5. The van der Waals surface area contributed by atoms with Crippen LogP contribution in [0.4, 0.5) is 0 Å². The molecular weight excluding hydrogens is 1040 g/mol. The van der Waals surface area contributed by atoms with E-state index in [4.69, 9.17) is 78.0 Å². The van der Waals surface area contributed by atoms with Crippen molar-refractivity contribution in [1.29, 1.82) is 0 Å². The van der Waals surface area contributed by atoms with Gasteiger partial charge in [0.2, 0.25) is 0 Å². The number of rotatable bonds is 27. The third kappa shape index (κ3) is 38.1. The van der Waals surface area contributed by atoms with Crippen LogP contribution in [0.3, 0.4) is 0 Å². The molecule has 382 valence electrons. The number of hydrogen-bond acceptors (Lipinski definition) is 13. The molecule has 15 N–H and O–H groups in total. The van der Waals surface area contributed by atoms with Crippen LogP contribution in [0.1, 0.15) is 96.8 Å². The molecule has 1 saturated carbocycles. The Morgan fingerprint density at radius 3 is 0.734 bits per heavy atom. The monoisotopic (exact) mass is 1100 g/mol. The fourth-order valence-electron chi connectivity index (χ4n) is 5.87. The molecule has 64 heavy (non-hydrogen) atoms. The van der Waals surface area contributed by atoms with Crippen molar-refractivity contribution in [2.45, 2.75) is 140 Å². The lowest BCUT2D eigenvalue weighted by Gasteiger charge is -2.48. The van der Waals surface area contributed by atoms with Crippen molar-refractivity contribution in [2.75, 3.05) is 0 Å². The van der Waals surface area contributed by atoms with E-state index in [0.29, 0.717) is 0 Å². The van der Waals surface area contributed by atoms with Crippen LogP contribution in [0.25, 0.3) is 0 Å². The van der Waals surface area contributed by atoms with Crippen LogP contribution in [0, 0.1) is 0 Å². The zero-order valence-electron chi connectivity index (χ0n) is 33.9. The normalized spacial score (nSPS) is 21.2. The highest BCUT2D eigenvalue weighted by Gasteiger charge is 2.62. The van der Waals surface area contributed by atoms with E-state index in [1.165, 1.54) is 96.4 Å². The fraction of sp³-hybridized carbons (Fsp3) is 0.815. The lowest BCUT2D eigenvalue weighted by Crippen LogP contribution is -3.00. The minimum Gasteiger partial charge on any atom is -1.00 e. The molecule has 37 heteroatoms. The van der Waals surface area contributed by atoms with Gasteiger partial charge in [0.15, 0.2) is 12.4 Å². The van der Waals surface area contributed by atoms with Gasteiger partial charge in [0, 0.05) is 18.6 Å². The van der Waals surface area contributed by atoms with Crippen LogP contribution in [0.2, 0.25) is 0 Å². The quantitative estimate of drug-likeness (QED) is 0.0297. The van der Waals surface area contributed by atoms with Gasteiger partial charge in [-0.25, -0.2) is 36.5 Å². The SMILES string of the molecule is CCCCCCCCCCCCCCCC[n+]1ccccc1.O=P(O)(O)O.O=P(O)(O)O[C@H]1[C@H](OP(=O)(O)O)[C@@H](OP(=O)(O)O)[C@H](OP(=O)(O)O)[C@@H](OP(=O)(O)O)[C@H]1OP(=O)(O)O.[Cl-]. The third-order valence-electron chi connectivity index (χ3n) is 8.04. The zero-order chi connectivity index (χ0) is 48.9. The van der Waals surface area contributed by atoms with Crippen molar-refractivity contribution in [3.8, 4) is 0 Å². The van der Waals surface area contributed by atoms with Crippen LogP contribution in [0.15, 0.2) is 30.6 Å². The van der Waals surface area contributed by atoms with E-state index < -0.39 is 91.4 Å². The van der Waals surface area contributed by atoms with Gasteiger partial charge in [0.05, 0.1) is 0 Å². The average molecular weight is 1100 g/mol. The highest BCUT2D eigenvalue weighted by atomic mass is 35.5. The standard InChI is InChI=1S/C21H38N.C6H18O24P6.ClH.H3O4P/c1-2-3-4-5-6-7-8-9-10-11-12-13-14-16-19-22-20-17-15-18-21-22;7-31(8,9)25-1-2(26-32(10,11)12)4(28-34(16,17)18)6(30-36(22,23)24)5(29-35(19,20)21)3(1)27-33(13,14)15;;1-5(2,3)4/h15,17-18,20-21H,2-14,16,19H2,1H3;1-6H,(H2,7,8,9)(H2,10,11,12)(H2,13,14,15)(H2,16,17,18)(H2,19,20,21)(H2,22,23,24);1H;(H3,1,2,3,4)/q+1;;;/p-1/t;1-,2-,3-,4+,5-,6-;;. The molecule has 1 fully saturated rings. The van der Waals surface area contributed by atoms with Crippen molar-refractivity contribution in [3.63, 3.8) is 0 Å². The molecule has 0 bridgehead atoms. The first kappa shape index (κ1) is 66.3. The fourth-order valence-corrected chi connectivity index (χ4v) is 9.21. The Hall–Kier alpha value is 0.210. The summed E-state index contributed by atoms with van der Waals surface area (Å²) in [6.07, 6.45) is 5.56. The summed E-state index contributed by atoms with van der Waals surface area (Å²) in [5, 5.41) is 0. The predicted molar refractivity (Wildman–Crippen MR) is 213 cm³/mol. The van der Waals surface area contributed by atoms with Crippen LogP contribution in [0.5, 0.6) is 0 Å². The molecule has 1 aliphatic carbocycles.